The van der Waals surface area contributed by atoms with Crippen LogP contribution in [0.15, 0.2) is 55.0 Å². The van der Waals surface area contributed by atoms with Crippen molar-refractivity contribution in [1.29, 1.82) is 5.26 Å². The standard InChI is InChI=1S/C26H24IN7O2/c1-36-23-12-18(17-7-10-33(11-8-17)24(35)13-27)5-6-21(23)31-26-29-15-19(14-28)25(32-26)20-16-30-34-9-3-2-4-22(20)34/h2-6,9,12,15-17H,7-8,10-11,13H2,1H3,(H,29,31,32). The van der Waals surface area contributed by atoms with Crippen LogP contribution in [0.3, 0.4) is 0 Å². The summed E-state index contributed by atoms with van der Waals surface area (Å²) in [4.78, 5) is 22.9. The fraction of sp³-hybridized carbons (Fsp3) is 0.269. The summed E-state index contributed by atoms with van der Waals surface area (Å²) in [5.74, 6) is 1.62. The van der Waals surface area contributed by atoms with Gasteiger partial charge in [-0.05, 0) is 48.6 Å². The van der Waals surface area contributed by atoms with Crippen LogP contribution in [-0.4, -0.2) is 55.0 Å². The van der Waals surface area contributed by atoms with Gasteiger partial charge in [-0.15, -0.1) is 0 Å². The third-order valence-electron chi connectivity index (χ3n) is 6.50. The lowest BCUT2D eigenvalue weighted by atomic mass is 9.89. The van der Waals surface area contributed by atoms with Crippen LogP contribution in [0.5, 0.6) is 5.75 Å². The van der Waals surface area contributed by atoms with Gasteiger partial charge in [0.05, 0.1) is 46.4 Å². The fourth-order valence-corrected chi connectivity index (χ4v) is 5.06. The van der Waals surface area contributed by atoms with E-state index in [0.29, 0.717) is 33.3 Å². The number of amides is 1. The van der Waals surface area contributed by atoms with Gasteiger partial charge in [-0.2, -0.15) is 10.4 Å². The molecule has 5 rings (SSSR count). The SMILES string of the molecule is COc1cc(C2CCN(C(=O)CI)CC2)ccc1Nc1ncc(C#N)c(-c2cnn3ccccc23)n1. The second kappa shape index (κ2) is 10.5. The minimum absolute atomic E-state index is 0.206. The minimum atomic E-state index is 0.206. The number of hydrogen-bond donors (Lipinski definition) is 1. The molecule has 1 fully saturated rings. The topological polar surface area (TPSA) is 108 Å². The lowest BCUT2D eigenvalue weighted by molar-refractivity contribution is -0.129. The largest absolute Gasteiger partial charge is 0.495 e. The summed E-state index contributed by atoms with van der Waals surface area (Å²) in [7, 11) is 1.63. The molecule has 0 atom stereocenters. The predicted octanol–water partition coefficient (Wildman–Crippen LogP) is 4.56. The third-order valence-corrected chi connectivity index (χ3v) is 7.15. The quantitative estimate of drug-likeness (QED) is 0.258. The summed E-state index contributed by atoms with van der Waals surface area (Å²) in [5, 5.41) is 17.3. The average molecular weight is 593 g/mol. The molecular formula is C26H24IN7O2. The van der Waals surface area contributed by atoms with Crippen molar-refractivity contribution >= 4 is 45.7 Å². The lowest BCUT2D eigenvalue weighted by Gasteiger charge is -2.32. The highest BCUT2D eigenvalue weighted by molar-refractivity contribution is 14.1. The van der Waals surface area contributed by atoms with Crippen molar-refractivity contribution in [3.63, 3.8) is 0 Å². The molecule has 1 N–H and O–H groups in total. The molecular weight excluding hydrogens is 569 g/mol. The van der Waals surface area contributed by atoms with Crippen LogP contribution in [-0.2, 0) is 4.79 Å². The number of pyridine rings is 1. The number of alkyl halides is 1. The maximum atomic E-state index is 12.0. The normalized spacial score (nSPS) is 14.0. The first-order valence-corrected chi connectivity index (χ1v) is 13.1. The number of rotatable bonds is 6. The van der Waals surface area contributed by atoms with Crippen molar-refractivity contribution in [2.45, 2.75) is 18.8 Å². The molecule has 1 saturated heterocycles. The molecule has 0 spiro atoms. The number of anilines is 2. The Morgan fingerprint density at radius 1 is 1.25 bits per heavy atom. The van der Waals surface area contributed by atoms with Crippen LogP contribution in [0.25, 0.3) is 16.8 Å². The zero-order chi connectivity index (χ0) is 25.1. The van der Waals surface area contributed by atoms with Gasteiger partial charge in [0.25, 0.3) is 0 Å². The first-order valence-electron chi connectivity index (χ1n) is 11.6. The highest BCUT2D eigenvalue weighted by Gasteiger charge is 2.24. The van der Waals surface area contributed by atoms with Gasteiger partial charge in [0.15, 0.2) is 0 Å². The number of benzene rings is 1. The summed E-state index contributed by atoms with van der Waals surface area (Å²) in [6.07, 6.45) is 6.93. The number of hydrogen-bond acceptors (Lipinski definition) is 7. The Bertz CT molecular complexity index is 1450. The molecule has 1 aliphatic rings. The van der Waals surface area contributed by atoms with E-state index in [2.05, 4.69) is 55.1 Å². The van der Waals surface area contributed by atoms with E-state index in [-0.39, 0.29) is 5.91 Å². The average Bonchev–Trinajstić information content (AvgIpc) is 3.37. The molecule has 1 aromatic carbocycles. The van der Waals surface area contributed by atoms with E-state index in [1.54, 1.807) is 17.8 Å². The molecule has 3 aromatic heterocycles. The predicted molar refractivity (Wildman–Crippen MR) is 145 cm³/mol. The van der Waals surface area contributed by atoms with Crippen molar-refractivity contribution in [2.75, 3.05) is 29.9 Å². The second-order valence-electron chi connectivity index (χ2n) is 8.53. The van der Waals surface area contributed by atoms with E-state index in [0.717, 1.165) is 42.7 Å². The number of halogens is 1. The monoisotopic (exact) mass is 593 g/mol. The molecule has 0 saturated carbocycles. The van der Waals surface area contributed by atoms with Crippen molar-refractivity contribution < 1.29 is 9.53 Å². The summed E-state index contributed by atoms with van der Waals surface area (Å²) >= 11 is 2.12. The summed E-state index contributed by atoms with van der Waals surface area (Å²) in [6, 6.07) is 14.0. The van der Waals surface area contributed by atoms with Crippen molar-refractivity contribution in [1.82, 2.24) is 24.5 Å². The van der Waals surface area contributed by atoms with Crippen LogP contribution in [0, 0.1) is 11.3 Å². The highest BCUT2D eigenvalue weighted by Crippen LogP contribution is 2.35. The first-order chi connectivity index (χ1) is 17.6. The molecule has 36 heavy (non-hydrogen) atoms. The van der Waals surface area contributed by atoms with E-state index in [1.165, 1.54) is 11.8 Å². The van der Waals surface area contributed by atoms with Gasteiger partial charge >= 0.3 is 0 Å². The van der Waals surface area contributed by atoms with E-state index in [1.807, 2.05) is 41.4 Å². The maximum Gasteiger partial charge on any atom is 0.232 e. The van der Waals surface area contributed by atoms with Crippen LogP contribution in [0.4, 0.5) is 11.6 Å². The summed E-state index contributed by atoms with van der Waals surface area (Å²) in [5.41, 5.74) is 4.41. The number of fused-ring (bicyclic) bond motifs is 1. The molecule has 1 amide bonds. The van der Waals surface area contributed by atoms with Crippen molar-refractivity contribution in [3.05, 3.63) is 66.1 Å². The number of nitriles is 1. The Labute approximate surface area is 222 Å². The van der Waals surface area contributed by atoms with Gasteiger partial charge in [-0.1, -0.05) is 34.7 Å². The van der Waals surface area contributed by atoms with Gasteiger partial charge in [-0.25, -0.2) is 14.5 Å². The van der Waals surface area contributed by atoms with Crippen LogP contribution >= 0.6 is 22.6 Å². The Balaban J connectivity index is 1.39. The van der Waals surface area contributed by atoms with Crippen LogP contribution in [0.1, 0.15) is 29.9 Å². The van der Waals surface area contributed by atoms with Gasteiger partial charge in [-0.3, -0.25) is 4.79 Å². The third kappa shape index (κ3) is 4.70. The fourth-order valence-electron chi connectivity index (χ4n) is 4.58. The van der Waals surface area contributed by atoms with Crippen LogP contribution in [0.2, 0.25) is 0 Å². The second-order valence-corrected chi connectivity index (χ2v) is 9.29. The van der Waals surface area contributed by atoms with E-state index >= 15 is 0 Å². The van der Waals surface area contributed by atoms with E-state index in [9.17, 15) is 10.1 Å². The van der Waals surface area contributed by atoms with Gasteiger partial charge in [0.1, 0.15) is 11.8 Å². The number of nitrogens with one attached hydrogen (secondary N) is 1. The van der Waals surface area contributed by atoms with Crippen molar-refractivity contribution in [2.24, 2.45) is 0 Å². The molecule has 10 heteroatoms. The first kappa shape index (κ1) is 24.0. The summed E-state index contributed by atoms with van der Waals surface area (Å²) in [6.45, 7) is 1.56. The van der Waals surface area contributed by atoms with Crippen molar-refractivity contribution in [3.8, 4) is 23.1 Å². The molecule has 0 radical (unpaired) electrons. The van der Waals surface area contributed by atoms with E-state index in [4.69, 9.17) is 4.74 Å². The number of ether oxygens (including phenoxy) is 1. The lowest BCUT2D eigenvalue weighted by Crippen LogP contribution is -2.38. The Morgan fingerprint density at radius 2 is 2.08 bits per heavy atom. The molecule has 182 valence electrons. The van der Waals surface area contributed by atoms with Gasteiger partial charge < -0.3 is 15.0 Å². The molecule has 1 aliphatic heterocycles. The Kier molecular flexibility index (Phi) is 6.99. The minimum Gasteiger partial charge on any atom is -0.495 e. The molecule has 0 aliphatic carbocycles. The zero-order valence-electron chi connectivity index (χ0n) is 19.7. The number of carbonyl (C=O) groups excluding carboxylic acids is 1. The number of carbonyl (C=O) groups is 1. The molecule has 0 bridgehead atoms. The smallest absolute Gasteiger partial charge is 0.232 e. The zero-order valence-corrected chi connectivity index (χ0v) is 21.8. The van der Waals surface area contributed by atoms with Gasteiger partial charge in [0.2, 0.25) is 11.9 Å². The van der Waals surface area contributed by atoms with E-state index < -0.39 is 0 Å². The number of methoxy groups -OCH3 is 1. The van der Waals surface area contributed by atoms with Gasteiger partial charge in [0, 0.05) is 24.8 Å². The maximum absolute atomic E-state index is 12.0. The van der Waals surface area contributed by atoms with Crippen LogP contribution < -0.4 is 10.1 Å². The molecule has 4 heterocycles. The highest BCUT2D eigenvalue weighted by atomic mass is 127. The molecule has 4 aromatic rings. The summed E-state index contributed by atoms with van der Waals surface area (Å²) < 4.78 is 7.95. The number of likely N-dealkylation sites (tertiary alicyclic amines) is 1. The Hall–Kier alpha value is -3.72. The Morgan fingerprint density at radius 3 is 2.83 bits per heavy atom. The molecule has 9 nitrogen and oxygen atoms in total. The number of nitrogens with zero attached hydrogens (tertiary/aromatic N) is 6. The number of aromatic nitrogens is 4. The molecule has 0 unspecified atom stereocenters. The number of piperidine rings is 1.